The third-order valence-electron chi connectivity index (χ3n) is 4.62. The van der Waals surface area contributed by atoms with Gasteiger partial charge in [0.25, 0.3) is 5.91 Å². The average Bonchev–Trinajstić information content (AvgIpc) is 2.77. The molecule has 2 aromatic rings. The van der Waals surface area contributed by atoms with Crippen LogP contribution in [0, 0.1) is 0 Å². The van der Waals surface area contributed by atoms with Gasteiger partial charge in [-0.1, -0.05) is 37.6 Å². The van der Waals surface area contributed by atoms with E-state index in [0.29, 0.717) is 30.3 Å². The van der Waals surface area contributed by atoms with Crippen LogP contribution >= 0.6 is 11.6 Å². The number of nitrogens with zero attached hydrogens (tertiary/aromatic N) is 1. The van der Waals surface area contributed by atoms with Gasteiger partial charge in [-0.15, -0.1) is 0 Å². The lowest BCUT2D eigenvalue weighted by molar-refractivity contribution is -0.143. The second-order valence-corrected chi connectivity index (χ2v) is 7.26. The quantitative estimate of drug-likeness (QED) is 0.581. The van der Waals surface area contributed by atoms with E-state index in [1.807, 2.05) is 38.1 Å². The summed E-state index contributed by atoms with van der Waals surface area (Å²) in [5.41, 5.74) is 0.900. The molecule has 2 rings (SSSR count). The second-order valence-electron chi connectivity index (χ2n) is 6.83. The van der Waals surface area contributed by atoms with E-state index in [-0.39, 0.29) is 18.4 Å². The zero-order valence-corrected chi connectivity index (χ0v) is 18.4. The highest BCUT2D eigenvalue weighted by Crippen LogP contribution is 2.18. The van der Waals surface area contributed by atoms with Gasteiger partial charge in [0.1, 0.15) is 17.5 Å². The average molecular weight is 433 g/mol. The summed E-state index contributed by atoms with van der Waals surface area (Å²) in [7, 11) is 1.60. The van der Waals surface area contributed by atoms with Gasteiger partial charge in [-0.25, -0.2) is 0 Å². The highest BCUT2D eigenvalue weighted by molar-refractivity contribution is 6.30. The van der Waals surface area contributed by atoms with Crippen molar-refractivity contribution in [3.8, 4) is 11.5 Å². The highest BCUT2D eigenvalue weighted by Gasteiger charge is 2.28. The van der Waals surface area contributed by atoms with Crippen LogP contribution in [0.5, 0.6) is 11.5 Å². The van der Waals surface area contributed by atoms with Crippen LogP contribution < -0.4 is 14.8 Å². The number of amides is 2. The molecule has 2 amide bonds. The topological polar surface area (TPSA) is 67.9 Å². The lowest BCUT2D eigenvalue weighted by atomic mass is 10.1. The Kier molecular flexibility index (Phi) is 9.48. The summed E-state index contributed by atoms with van der Waals surface area (Å²) in [5, 5.41) is 3.49. The number of methoxy groups -OCH3 is 1. The molecule has 0 heterocycles. The molecule has 1 atom stereocenters. The molecule has 0 unspecified atom stereocenters. The fourth-order valence-electron chi connectivity index (χ4n) is 2.97. The number of hydrogen-bond acceptors (Lipinski definition) is 4. The molecule has 6 nitrogen and oxygen atoms in total. The van der Waals surface area contributed by atoms with E-state index in [1.54, 1.807) is 36.3 Å². The third-order valence-corrected chi connectivity index (χ3v) is 4.88. The maximum Gasteiger partial charge on any atom is 0.261 e. The zero-order chi connectivity index (χ0) is 21.9. The molecule has 30 heavy (non-hydrogen) atoms. The molecule has 0 aliphatic heterocycles. The lowest BCUT2D eigenvalue weighted by Gasteiger charge is -2.30. The smallest absolute Gasteiger partial charge is 0.261 e. The van der Waals surface area contributed by atoms with E-state index in [0.717, 1.165) is 17.7 Å². The van der Waals surface area contributed by atoms with Crippen LogP contribution in [0.3, 0.4) is 0 Å². The van der Waals surface area contributed by atoms with Crippen molar-refractivity contribution in [3.63, 3.8) is 0 Å². The second kappa shape index (κ2) is 12.1. The van der Waals surface area contributed by atoms with Gasteiger partial charge in [-0.2, -0.15) is 0 Å². The summed E-state index contributed by atoms with van der Waals surface area (Å²) in [5.74, 6) is 0.850. The minimum Gasteiger partial charge on any atom is -0.497 e. The summed E-state index contributed by atoms with van der Waals surface area (Å²) >= 11 is 5.89. The lowest BCUT2D eigenvalue weighted by Crippen LogP contribution is -2.50. The van der Waals surface area contributed by atoms with Crippen LogP contribution in [-0.4, -0.2) is 43.0 Å². The van der Waals surface area contributed by atoms with Crippen molar-refractivity contribution in [3.05, 3.63) is 59.1 Å². The van der Waals surface area contributed by atoms with Crippen molar-refractivity contribution in [2.45, 2.75) is 39.3 Å². The zero-order valence-electron chi connectivity index (χ0n) is 17.7. The first-order valence-electron chi connectivity index (χ1n) is 10.1. The minimum atomic E-state index is -0.583. The van der Waals surface area contributed by atoms with Crippen LogP contribution in [0.4, 0.5) is 0 Å². The van der Waals surface area contributed by atoms with E-state index in [2.05, 4.69) is 5.32 Å². The van der Waals surface area contributed by atoms with Crippen LogP contribution in [0.2, 0.25) is 5.02 Å². The Morgan fingerprint density at radius 3 is 2.23 bits per heavy atom. The van der Waals surface area contributed by atoms with Gasteiger partial charge in [0.05, 0.1) is 7.11 Å². The molecule has 0 aromatic heterocycles. The number of carbonyl (C=O) groups excluding carboxylic acids is 2. The van der Waals surface area contributed by atoms with Gasteiger partial charge in [0.15, 0.2) is 6.61 Å². The van der Waals surface area contributed by atoms with E-state index in [9.17, 15) is 9.59 Å². The van der Waals surface area contributed by atoms with E-state index in [4.69, 9.17) is 21.1 Å². The predicted octanol–water partition coefficient (Wildman–Crippen LogP) is 4.06. The summed E-state index contributed by atoms with van der Waals surface area (Å²) in [6, 6.07) is 13.7. The molecule has 0 saturated carbocycles. The van der Waals surface area contributed by atoms with Crippen molar-refractivity contribution in [2.75, 3.05) is 20.3 Å². The number of halogens is 1. The number of benzene rings is 2. The normalized spacial score (nSPS) is 11.5. The van der Waals surface area contributed by atoms with Gasteiger partial charge in [-0.3, -0.25) is 9.59 Å². The van der Waals surface area contributed by atoms with Gasteiger partial charge < -0.3 is 19.7 Å². The van der Waals surface area contributed by atoms with Crippen molar-refractivity contribution < 1.29 is 19.1 Å². The van der Waals surface area contributed by atoms with Crippen LogP contribution in [-0.2, 0) is 16.1 Å². The monoisotopic (exact) mass is 432 g/mol. The van der Waals surface area contributed by atoms with Crippen molar-refractivity contribution in [1.82, 2.24) is 10.2 Å². The molecular weight excluding hydrogens is 404 g/mol. The molecule has 0 bridgehead atoms. The Morgan fingerprint density at radius 2 is 1.67 bits per heavy atom. The molecule has 0 aliphatic rings. The summed E-state index contributed by atoms with van der Waals surface area (Å²) in [6.45, 7) is 4.58. The minimum absolute atomic E-state index is 0.160. The predicted molar refractivity (Wildman–Crippen MR) is 118 cm³/mol. The number of carbonyl (C=O) groups is 2. The van der Waals surface area contributed by atoms with Crippen LogP contribution in [0.25, 0.3) is 0 Å². The molecule has 0 radical (unpaired) electrons. The standard InChI is InChI=1S/C23H29ClN2O4/c1-4-14-25-23(28)21(5-2)26(15-17-6-10-19(29-3)11-7-17)22(27)16-30-20-12-8-18(24)9-13-20/h6-13,21H,4-5,14-16H2,1-3H3,(H,25,28)/t21-/m1/s1. The van der Waals surface area contributed by atoms with Gasteiger partial charge in [-0.05, 0) is 54.8 Å². The first-order chi connectivity index (χ1) is 14.5. The van der Waals surface area contributed by atoms with E-state index < -0.39 is 6.04 Å². The van der Waals surface area contributed by atoms with Crippen molar-refractivity contribution in [1.29, 1.82) is 0 Å². The maximum absolute atomic E-state index is 13.1. The Hall–Kier alpha value is -2.73. The fraction of sp³-hybridized carbons (Fsp3) is 0.391. The summed E-state index contributed by atoms with van der Waals surface area (Å²) < 4.78 is 10.8. The molecule has 2 aromatic carbocycles. The summed E-state index contributed by atoms with van der Waals surface area (Å²) in [6.07, 6.45) is 1.33. The number of ether oxygens (including phenoxy) is 2. The van der Waals surface area contributed by atoms with Gasteiger partial charge >= 0.3 is 0 Å². The fourth-order valence-corrected chi connectivity index (χ4v) is 3.10. The Morgan fingerprint density at radius 1 is 1.03 bits per heavy atom. The van der Waals surface area contributed by atoms with Gasteiger partial charge in [0, 0.05) is 18.1 Å². The molecule has 1 N–H and O–H groups in total. The molecule has 162 valence electrons. The molecule has 0 spiro atoms. The van der Waals surface area contributed by atoms with E-state index >= 15 is 0 Å². The molecular formula is C23H29ClN2O4. The maximum atomic E-state index is 13.1. The first kappa shape index (κ1) is 23.5. The SMILES string of the molecule is CCCNC(=O)[C@@H](CC)N(Cc1ccc(OC)cc1)C(=O)COc1ccc(Cl)cc1. The first-order valence-corrected chi connectivity index (χ1v) is 10.4. The molecule has 0 fully saturated rings. The third kappa shape index (κ3) is 6.95. The van der Waals surface area contributed by atoms with Crippen LogP contribution in [0.1, 0.15) is 32.3 Å². The number of rotatable bonds is 11. The van der Waals surface area contributed by atoms with Crippen LogP contribution in [0.15, 0.2) is 48.5 Å². The number of hydrogen-bond donors (Lipinski definition) is 1. The molecule has 0 saturated heterocycles. The number of nitrogens with one attached hydrogen (secondary N) is 1. The Bertz CT molecular complexity index is 809. The van der Waals surface area contributed by atoms with Crippen molar-refractivity contribution in [2.24, 2.45) is 0 Å². The molecule has 0 aliphatic carbocycles. The highest BCUT2D eigenvalue weighted by atomic mass is 35.5. The van der Waals surface area contributed by atoms with Gasteiger partial charge in [0.2, 0.25) is 5.91 Å². The Labute approximate surface area is 183 Å². The van der Waals surface area contributed by atoms with E-state index in [1.165, 1.54) is 0 Å². The largest absolute Gasteiger partial charge is 0.497 e. The Balaban J connectivity index is 2.17. The van der Waals surface area contributed by atoms with Crippen molar-refractivity contribution >= 4 is 23.4 Å². The summed E-state index contributed by atoms with van der Waals surface area (Å²) in [4.78, 5) is 27.3. The molecule has 7 heteroatoms.